The largest absolute Gasteiger partial charge is 0.382 e. The molecular formula is C16H23N. The maximum absolute atomic E-state index is 3.70. The Hall–Kier alpha value is -1.24. The van der Waals surface area contributed by atoms with Crippen LogP contribution in [0.4, 0.5) is 0 Å². The Morgan fingerprint density at radius 2 is 1.71 bits per heavy atom. The van der Waals surface area contributed by atoms with Crippen LogP contribution < -0.4 is 5.32 Å². The molecule has 1 aromatic rings. The summed E-state index contributed by atoms with van der Waals surface area (Å²) in [4.78, 5) is 0. The molecule has 1 atom stereocenters. The molecule has 92 valence electrons. The monoisotopic (exact) mass is 229 g/mol. The van der Waals surface area contributed by atoms with E-state index in [1.54, 1.807) is 5.57 Å². The Morgan fingerprint density at radius 1 is 1.00 bits per heavy atom. The Balaban J connectivity index is 2.05. The fraction of sp³-hybridized carbons (Fsp3) is 0.500. The fourth-order valence-electron chi connectivity index (χ4n) is 2.51. The first-order valence-electron chi connectivity index (χ1n) is 6.77. The molecule has 0 saturated heterocycles. The number of hydrogen-bond acceptors (Lipinski definition) is 1. The summed E-state index contributed by atoms with van der Waals surface area (Å²) in [6, 6.07) is 11.1. The lowest BCUT2D eigenvalue weighted by Crippen LogP contribution is -2.19. The van der Waals surface area contributed by atoms with Gasteiger partial charge in [-0.2, -0.15) is 0 Å². The van der Waals surface area contributed by atoms with Gasteiger partial charge in [0.15, 0.2) is 0 Å². The Kier molecular flexibility index (Phi) is 4.24. The van der Waals surface area contributed by atoms with Gasteiger partial charge in [0.1, 0.15) is 0 Å². The second-order valence-electron chi connectivity index (χ2n) is 5.10. The van der Waals surface area contributed by atoms with Crippen molar-refractivity contribution in [3.05, 3.63) is 47.2 Å². The van der Waals surface area contributed by atoms with Gasteiger partial charge < -0.3 is 5.32 Å². The highest BCUT2D eigenvalue weighted by Gasteiger charge is 2.11. The van der Waals surface area contributed by atoms with Crippen LogP contribution in [0.3, 0.4) is 0 Å². The third-order valence-electron chi connectivity index (χ3n) is 3.68. The zero-order valence-corrected chi connectivity index (χ0v) is 11.0. The van der Waals surface area contributed by atoms with Crippen molar-refractivity contribution in [3.8, 4) is 0 Å². The van der Waals surface area contributed by atoms with Crippen molar-refractivity contribution in [2.24, 2.45) is 0 Å². The quantitative estimate of drug-likeness (QED) is 0.800. The minimum Gasteiger partial charge on any atom is -0.382 e. The van der Waals surface area contributed by atoms with E-state index < -0.39 is 0 Å². The average Bonchev–Trinajstić information content (AvgIpc) is 2.56. The van der Waals surface area contributed by atoms with Crippen LogP contribution >= 0.6 is 0 Å². The van der Waals surface area contributed by atoms with Gasteiger partial charge in [0, 0.05) is 11.7 Å². The van der Waals surface area contributed by atoms with Crippen LogP contribution in [-0.2, 0) is 0 Å². The molecule has 2 rings (SSSR count). The number of hydrogen-bond donors (Lipinski definition) is 1. The van der Waals surface area contributed by atoms with E-state index in [2.05, 4.69) is 49.5 Å². The van der Waals surface area contributed by atoms with Gasteiger partial charge in [0.05, 0.1) is 0 Å². The summed E-state index contributed by atoms with van der Waals surface area (Å²) < 4.78 is 0. The lowest BCUT2D eigenvalue weighted by Gasteiger charge is -2.19. The molecule has 17 heavy (non-hydrogen) atoms. The fourth-order valence-corrected chi connectivity index (χ4v) is 2.51. The van der Waals surface area contributed by atoms with Crippen LogP contribution in [0.5, 0.6) is 0 Å². The Bertz CT molecular complexity index is 378. The first kappa shape index (κ1) is 12.2. The Morgan fingerprint density at radius 3 is 2.47 bits per heavy atom. The highest BCUT2D eigenvalue weighted by molar-refractivity contribution is 5.21. The first-order chi connectivity index (χ1) is 8.27. The smallest absolute Gasteiger partial charge is 0.0482 e. The van der Waals surface area contributed by atoms with E-state index in [0.717, 1.165) is 0 Å². The van der Waals surface area contributed by atoms with Crippen LogP contribution in [-0.4, -0.2) is 0 Å². The van der Waals surface area contributed by atoms with Gasteiger partial charge in [-0.1, -0.05) is 42.3 Å². The zero-order valence-electron chi connectivity index (χ0n) is 11.0. The summed E-state index contributed by atoms with van der Waals surface area (Å²) in [5.74, 6) is 0. The van der Waals surface area contributed by atoms with Gasteiger partial charge in [-0.3, -0.25) is 0 Å². The molecule has 0 fully saturated rings. The predicted octanol–water partition coefficient (Wildman–Crippen LogP) is 4.58. The molecule has 0 aliphatic heterocycles. The normalized spacial score (nSPS) is 18.7. The minimum absolute atomic E-state index is 0.416. The summed E-state index contributed by atoms with van der Waals surface area (Å²) in [7, 11) is 0. The van der Waals surface area contributed by atoms with Gasteiger partial charge >= 0.3 is 0 Å². The summed E-state index contributed by atoms with van der Waals surface area (Å²) >= 11 is 0. The predicted molar refractivity (Wildman–Crippen MR) is 73.8 cm³/mol. The average molecular weight is 229 g/mol. The van der Waals surface area contributed by atoms with Gasteiger partial charge in [0.2, 0.25) is 0 Å². The minimum atomic E-state index is 0.416. The molecule has 1 aromatic carbocycles. The molecule has 1 heteroatoms. The molecule has 1 aliphatic rings. The lowest BCUT2D eigenvalue weighted by atomic mass is 10.1. The third kappa shape index (κ3) is 3.36. The maximum Gasteiger partial charge on any atom is 0.0482 e. The molecular weight excluding hydrogens is 206 g/mol. The standard InChI is InChI=1S/C16H23N/c1-13-9-5-3-8-12-16(13)17-14(2)15-10-6-4-7-11-15/h4,6-7,10-11,14,17H,3,5,8-9,12H2,1-2H3/t14-/m1/s1. The van der Waals surface area contributed by atoms with E-state index in [1.165, 1.54) is 43.4 Å². The summed E-state index contributed by atoms with van der Waals surface area (Å²) in [5, 5.41) is 3.70. The van der Waals surface area contributed by atoms with Gasteiger partial charge in [-0.15, -0.1) is 0 Å². The second-order valence-corrected chi connectivity index (χ2v) is 5.10. The van der Waals surface area contributed by atoms with Gasteiger partial charge in [-0.25, -0.2) is 0 Å². The van der Waals surface area contributed by atoms with Crippen molar-refractivity contribution >= 4 is 0 Å². The van der Waals surface area contributed by atoms with Gasteiger partial charge in [-0.05, 0) is 45.1 Å². The molecule has 0 spiro atoms. The maximum atomic E-state index is 3.70. The second kappa shape index (κ2) is 5.90. The lowest BCUT2D eigenvalue weighted by molar-refractivity contribution is 0.611. The summed E-state index contributed by atoms with van der Waals surface area (Å²) in [6.45, 7) is 4.53. The third-order valence-corrected chi connectivity index (χ3v) is 3.68. The van der Waals surface area contributed by atoms with Crippen molar-refractivity contribution in [2.75, 3.05) is 0 Å². The molecule has 0 aromatic heterocycles. The van der Waals surface area contributed by atoms with Crippen LogP contribution in [0.1, 0.15) is 57.6 Å². The molecule has 0 unspecified atom stereocenters. The summed E-state index contributed by atoms with van der Waals surface area (Å²) in [5.41, 5.74) is 4.42. The SMILES string of the molecule is CC1=C(N[C@H](C)c2ccccc2)CCCCC1. The highest BCUT2D eigenvalue weighted by Crippen LogP contribution is 2.24. The number of rotatable bonds is 3. The number of nitrogens with one attached hydrogen (secondary N) is 1. The van der Waals surface area contributed by atoms with E-state index in [1.807, 2.05) is 0 Å². The van der Waals surface area contributed by atoms with Crippen molar-refractivity contribution < 1.29 is 0 Å². The zero-order chi connectivity index (χ0) is 12.1. The molecule has 0 amide bonds. The van der Waals surface area contributed by atoms with Crippen molar-refractivity contribution in [3.63, 3.8) is 0 Å². The first-order valence-corrected chi connectivity index (χ1v) is 6.77. The van der Waals surface area contributed by atoms with Crippen LogP contribution in [0.2, 0.25) is 0 Å². The number of benzene rings is 1. The molecule has 0 saturated carbocycles. The van der Waals surface area contributed by atoms with E-state index in [0.29, 0.717) is 6.04 Å². The van der Waals surface area contributed by atoms with Crippen LogP contribution in [0.15, 0.2) is 41.6 Å². The van der Waals surface area contributed by atoms with E-state index >= 15 is 0 Å². The molecule has 1 aliphatic carbocycles. The summed E-state index contributed by atoms with van der Waals surface area (Å²) in [6.07, 6.45) is 6.56. The van der Waals surface area contributed by atoms with Gasteiger partial charge in [0.25, 0.3) is 0 Å². The van der Waals surface area contributed by atoms with E-state index in [4.69, 9.17) is 0 Å². The van der Waals surface area contributed by atoms with E-state index in [9.17, 15) is 0 Å². The molecule has 0 heterocycles. The number of allylic oxidation sites excluding steroid dienone is 2. The molecule has 1 N–H and O–H groups in total. The highest BCUT2D eigenvalue weighted by atomic mass is 14.9. The van der Waals surface area contributed by atoms with Crippen molar-refractivity contribution in [1.29, 1.82) is 0 Å². The van der Waals surface area contributed by atoms with E-state index in [-0.39, 0.29) is 0 Å². The van der Waals surface area contributed by atoms with Crippen molar-refractivity contribution in [2.45, 2.75) is 52.0 Å². The van der Waals surface area contributed by atoms with Crippen LogP contribution in [0.25, 0.3) is 0 Å². The topological polar surface area (TPSA) is 12.0 Å². The molecule has 0 bridgehead atoms. The molecule has 0 radical (unpaired) electrons. The molecule has 1 nitrogen and oxygen atoms in total. The van der Waals surface area contributed by atoms with Crippen molar-refractivity contribution in [1.82, 2.24) is 5.32 Å². The Labute approximate surface area is 105 Å². The van der Waals surface area contributed by atoms with Crippen LogP contribution in [0, 0.1) is 0 Å².